The lowest BCUT2D eigenvalue weighted by molar-refractivity contribution is -0.224. The van der Waals surface area contributed by atoms with E-state index in [0.29, 0.717) is 28.0 Å². The molecule has 12 heteroatoms. The molecule has 3 aliphatic rings. The van der Waals surface area contributed by atoms with Crippen LogP contribution >= 0.6 is 11.6 Å². The SMILES string of the molecule is COc1cc(F)cnc1N1CC2(CC(c3nnc4n3-c3ccc(Cl)cc3CN(C(C)(C)C(F)(F)F)C4)C2)C1. The Kier molecular flexibility index (Phi) is 5.70. The number of fused-ring (bicyclic) bond motifs is 3. The fraction of sp³-hybridized carbons (Fsp3) is 0.500. The van der Waals surface area contributed by atoms with Crippen molar-refractivity contribution >= 4 is 17.4 Å². The van der Waals surface area contributed by atoms with E-state index < -0.39 is 17.5 Å². The van der Waals surface area contributed by atoms with Crippen LogP contribution in [0.4, 0.5) is 23.4 Å². The normalized spacial score (nSPS) is 19.4. The summed E-state index contributed by atoms with van der Waals surface area (Å²) < 4.78 is 62.7. The first-order valence-corrected chi connectivity index (χ1v) is 12.8. The summed E-state index contributed by atoms with van der Waals surface area (Å²) in [7, 11) is 1.49. The Morgan fingerprint density at radius 1 is 1.08 bits per heavy atom. The number of rotatable bonds is 4. The molecule has 0 amide bonds. The Morgan fingerprint density at radius 3 is 2.50 bits per heavy atom. The van der Waals surface area contributed by atoms with Crippen LogP contribution in [-0.2, 0) is 13.1 Å². The molecule has 6 rings (SSSR count). The highest BCUT2D eigenvalue weighted by Crippen LogP contribution is 2.57. The average Bonchev–Trinajstić information content (AvgIpc) is 3.12. The second kappa shape index (κ2) is 8.54. The van der Waals surface area contributed by atoms with E-state index in [1.54, 1.807) is 12.1 Å². The predicted molar refractivity (Wildman–Crippen MR) is 133 cm³/mol. The number of anilines is 1. The van der Waals surface area contributed by atoms with E-state index in [0.717, 1.165) is 37.4 Å². The maximum absolute atomic E-state index is 14.0. The first kappa shape index (κ1) is 25.4. The van der Waals surface area contributed by atoms with Crippen LogP contribution in [0.1, 0.15) is 49.8 Å². The summed E-state index contributed by atoms with van der Waals surface area (Å²) in [5, 5.41) is 9.32. The number of ether oxygens (including phenoxy) is 1. The van der Waals surface area contributed by atoms with Gasteiger partial charge in [0.25, 0.3) is 0 Å². The monoisotopic (exact) mass is 550 g/mol. The van der Waals surface area contributed by atoms with Gasteiger partial charge in [-0.3, -0.25) is 9.47 Å². The zero-order valence-corrected chi connectivity index (χ0v) is 21.9. The van der Waals surface area contributed by atoms with Gasteiger partial charge < -0.3 is 9.64 Å². The van der Waals surface area contributed by atoms with Crippen LogP contribution in [0.2, 0.25) is 5.02 Å². The molecule has 1 saturated heterocycles. The van der Waals surface area contributed by atoms with Crippen molar-refractivity contribution in [3.63, 3.8) is 0 Å². The van der Waals surface area contributed by atoms with Crippen molar-refractivity contribution in [1.29, 1.82) is 0 Å². The molecule has 0 N–H and O–H groups in total. The highest BCUT2D eigenvalue weighted by molar-refractivity contribution is 6.30. The van der Waals surface area contributed by atoms with Crippen LogP contribution in [0, 0.1) is 11.2 Å². The average molecular weight is 551 g/mol. The molecular weight excluding hydrogens is 524 g/mol. The minimum atomic E-state index is -4.43. The lowest BCUT2D eigenvalue weighted by atomic mass is 9.57. The molecule has 202 valence electrons. The number of methoxy groups -OCH3 is 1. The zero-order chi connectivity index (χ0) is 27.0. The fourth-order valence-electron chi connectivity index (χ4n) is 6.01. The van der Waals surface area contributed by atoms with Gasteiger partial charge >= 0.3 is 6.18 Å². The third kappa shape index (κ3) is 3.93. The van der Waals surface area contributed by atoms with Crippen LogP contribution in [-0.4, -0.2) is 56.6 Å². The van der Waals surface area contributed by atoms with Gasteiger partial charge in [0.05, 0.1) is 25.5 Å². The summed E-state index contributed by atoms with van der Waals surface area (Å²) in [4.78, 5) is 7.67. The van der Waals surface area contributed by atoms with E-state index >= 15 is 0 Å². The summed E-state index contributed by atoms with van der Waals surface area (Å²) in [5.41, 5.74) is -0.524. The van der Waals surface area contributed by atoms with E-state index in [1.807, 2.05) is 10.6 Å². The Balaban J connectivity index is 1.26. The van der Waals surface area contributed by atoms with Gasteiger partial charge in [-0.1, -0.05) is 11.6 Å². The number of hydrogen-bond donors (Lipinski definition) is 0. The fourth-order valence-corrected chi connectivity index (χ4v) is 6.20. The van der Waals surface area contributed by atoms with Gasteiger partial charge in [0, 0.05) is 42.1 Å². The van der Waals surface area contributed by atoms with E-state index in [-0.39, 0.29) is 24.4 Å². The smallest absolute Gasteiger partial charge is 0.406 e. The first-order chi connectivity index (χ1) is 17.9. The van der Waals surface area contributed by atoms with E-state index in [9.17, 15) is 17.6 Å². The number of aromatic nitrogens is 4. The minimum Gasteiger partial charge on any atom is -0.493 e. The predicted octanol–water partition coefficient (Wildman–Crippen LogP) is 5.50. The Labute approximate surface area is 222 Å². The molecule has 1 spiro atoms. The highest BCUT2D eigenvalue weighted by atomic mass is 35.5. The van der Waals surface area contributed by atoms with Crippen LogP contribution in [0.3, 0.4) is 0 Å². The number of alkyl halides is 3. The maximum Gasteiger partial charge on any atom is 0.406 e. The van der Waals surface area contributed by atoms with Crippen molar-refractivity contribution in [2.75, 3.05) is 25.1 Å². The van der Waals surface area contributed by atoms with E-state index in [4.69, 9.17) is 16.3 Å². The van der Waals surface area contributed by atoms with Gasteiger partial charge in [0.2, 0.25) is 0 Å². The van der Waals surface area contributed by atoms with Crippen LogP contribution in [0.15, 0.2) is 30.5 Å². The number of benzene rings is 1. The van der Waals surface area contributed by atoms with Gasteiger partial charge in [0.1, 0.15) is 17.2 Å². The van der Waals surface area contributed by atoms with Crippen LogP contribution < -0.4 is 9.64 Å². The molecule has 2 aromatic heterocycles. The molecular formula is C26H27ClF4N6O. The highest BCUT2D eigenvalue weighted by Gasteiger charge is 2.56. The molecule has 3 aromatic rings. The molecule has 1 aromatic carbocycles. The summed E-state index contributed by atoms with van der Waals surface area (Å²) in [6.07, 6.45) is -1.51. The second-order valence-corrected chi connectivity index (χ2v) is 11.6. The van der Waals surface area contributed by atoms with Crippen molar-refractivity contribution < 1.29 is 22.3 Å². The zero-order valence-electron chi connectivity index (χ0n) is 21.2. The van der Waals surface area contributed by atoms with Gasteiger partial charge in [-0.25, -0.2) is 9.37 Å². The molecule has 4 heterocycles. The molecule has 2 fully saturated rings. The summed E-state index contributed by atoms with van der Waals surface area (Å²) in [6.45, 7) is 3.99. The van der Waals surface area contributed by atoms with E-state index in [1.165, 1.54) is 38.1 Å². The number of hydrogen-bond acceptors (Lipinski definition) is 6. The van der Waals surface area contributed by atoms with Gasteiger partial charge in [-0.2, -0.15) is 13.2 Å². The largest absolute Gasteiger partial charge is 0.493 e. The number of halogens is 5. The van der Waals surface area contributed by atoms with Crippen molar-refractivity contribution in [3.8, 4) is 11.4 Å². The van der Waals surface area contributed by atoms with Gasteiger partial charge in [0.15, 0.2) is 17.4 Å². The Hall–Kier alpha value is -2.92. The van der Waals surface area contributed by atoms with E-state index in [2.05, 4.69) is 20.1 Å². The van der Waals surface area contributed by atoms with Gasteiger partial charge in [-0.05, 0) is 50.5 Å². The summed E-state index contributed by atoms with van der Waals surface area (Å²) >= 11 is 6.26. The van der Waals surface area contributed by atoms with Gasteiger partial charge in [-0.15, -0.1) is 10.2 Å². The minimum absolute atomic E-state index is 0.00742. The standard InChI is InChI=1S/C26H27ClF4N6O/c1-24(2,26(29,30)31)36-11-15-6-17(27)4-5-19(15)37-21(12-36)33-34-22(37)16-8-25(9-16)13-35(14-25)23-20(38-3)7-18(28)10-32-23/h4-7,10,16H,8-9,11-14H2,1-3H3. The number of pyridine rings is 1. The molecule has 0 radical (unpaired) electrons. The van der Waals surface area contributed by atoms with Crippen molar-refractivity contribution in [2.24, 2.45) is 5.41 Å². The maximum atomic E-state index is 14.0. The third-order valence-electron chi connectivity index (χ3n) is 8.31. The first-order valence-electron chi connectivity index (χ1n) is 12.4. The molecule has 7 nitrogen and oxygen atoms in total. The summed E-state index contributed by atoms with van der Waals surface area (Å²) in [6, 6.07) is 6.64. The molecule has 0 unspecified atom stereocenters. The van der Waals surface area contributed by atoms with Crippen molar-refractivity contribution in [3.05, 3.63) is 58.5 Å². The Morgan fingerprint density at radius 2 is 1.82 bits per heavy atom. The lowest BCUT2D eigenvalue weighted by Crippen LogP contribution is -2.62. The van der Waals surface area contributed by atoms with Crippen LogP contribution in [0.25, 0.3) is 5.69 Å². The topological polar surface area (TPSA) is 59.3 Å². The molecule has 0 bridgehead atoms. The third-order valence-corrected chi connectivity index (χ3v) is 8.55. The van der Waals surface area contributed by atoms with Crippen molar-refractivity contribution in [2.45, 2.75) is 57.4 Å². The molecule has 2 aliphatic heterocycles. The molecule has 1 aliphatic carbocycles. The molecule has 38 heavy (non-hydrogen) atoms. The molecule has 0 atom stereocenters. The van der Waals surface area contributed by atoms with Crippen LogP contribution in [0.5, 0.6) is 5.75 Å². The summed E-state index contributed by atoms with van der Waals surface area (Å²) in [5.74, 6) is 1.94. The quantitative estimate of drug-likeness (QED) is 0.400. The van der Waals surface area contributed by atoms with Crippen molar-refractivity contribution in [1.82, 2.24) is 24.6 Å². The lowest BCUT2D eigenvalue weighted by Gasteiger charge is -2.59. The number of nitrogens with zero attached hydrogens (tertiary/aromatic N) is 6. The second-order valence-electron chi connectivity index (χ2n) is 11.1. The molecule has 1 saturated carbocycles. The Bertz CT molecular complexity index is 1390.